The van der Waals surface area contributed by atoms with Crippen LogP contribution in [0.2, 0.25) is 0 Å². The minimum atomic E-state index is 0.316. The van der Waals surface area contributed by atoms with Crippen molar-refractivity contribution in [2.75, 3.05) is 32.8 Å². The number of aliphatic hydroxyl groups is 1. The molecule has 0 aromatic carbocycles. The molecular weight excluding hydrogens is 200 g/mol. The minimum Gasteiger partial charge on any atom is -0.395 e. The van der Waals surface area contributed by atoms with Gasteiger partial charge in [0.1, 0.15) is 0 Å². The van der Waals surface area contributed by atoms with Crippen LogP contribution < -0.4 is 5.32 Å². The molecule has 2 fully saturated rings. The van der Waals surface area contributed by atoms with E-state index in [1.807, 2.05) is 0 Å². The molecule has 1 unspecified atom stereocenters. The summed E-state index contributed by atoms with van der Waals surface area (Å²) in [7, 11) is 0. The summed E-state index contributed by atoms with van der Waals surface area (Å²) in [6, 6.07) is 0.758. The van der Waals surface area contributed by atoms with Gasteiger partial charge in [0, 0.05) is 19.1 Å². The van der Waals surface area contributed by atoms with Crippen LogP contribution in [0.5, 0.6) is 0 Å². The van der Waals surface area contributed by atoms with Crippen molar-refractivity contribution in [2.24, 2.45) is 5.92 Å². The first kappa shape index (κ1) is 12.3. The molecule has 2 aliphatic rings. The maximum Gasteiger partial charge on any atom is 0.0558 e. The Morgan fingerprint density at radius 3 is 2.56 bits per heavy atom. The van der Waals surface area contributed by atoms with Crippen LogP contribution in [-0.4, -0.2) is 48.8 Å². The minimum absolute atomic E-state index is 0.316. The summed E-state index contributed by atoms with van der Waals surface area (Å²) in [5, 5.41) is 12.7. The van der Waals surface area contributed by atoms with Crippen molar-refractivity contribution in [3.63, 3.8) is 0 Å². The van der Waals surface area contributed by atoms with Crippen LogP contribution in [0.15, 0.2) is 0 Å². The summed E-state index contributed by atoms with van der Waals surface area (Å²) in [6.45, 7) is 4.75. The second-order valence-corrected chi connectivity index (χ2v) is 5.37. The van der Waals surface area contributed by atoms with Gasteiger partial charge in [0.25, 0.3) is 0 Å². The van der Waals surface area contributed by atoms with Gasteiger partial charge in [-0.1, -0.05) is 12.8 Å². The third-order valence-corrected chi connectivity index (χ3v) is 4.12. The second kappa shape index (κ2) is 6.58. The fraction of sp³-hybridized carbons (Fsp3) is 1.00. The summed E-state index contributed by atoms with van der Waals surface area (Å²) in [5.74, 6) is 0.806. The number of rotatable bonds is 5. The molecular formula is C13H26N2O. The van der Waals surface area contributed by atoms with E-state index in [4.69, 9.17) is 5.11 Å². The molecule has 3 nitrogen and oxygen atoms in total. The Labute approximate surface area is 99.2 Å². The number of hydrogen-bond donors (Lipinski definition) is 2. The Kier molecular flexibility index (Phi) is 5.07. The predicted octanol–water partition coefficient (Wildman–Crippen LogP) is 1.22. The molecule has 0 spiro atoms. The fourth-order valence-corrected chi connectivity index (χ4v) is 3.23. The first-order valence-electron chi connectivity index (χ1n) is 6.96. The molecule has 0 amide bonds. The van der Waals surface area contributed by atoms with E-state index in [2.05, 4.69) is 10.2 Å². The van der Waals surface area contributed by atoms with Crippen LogP contribution in [0.3, 0.4) is 0 Å². The molecule has 0 aromatic rings. The van der Waals surface area contributed by atoms with Gasteiger partial charge >= 0.3 is 0 Å². The lowest BCUT2D eigenvalue weighted by atomic mass is 9.98. The average Bonchev–Trinajstić information content (AvgIpc) is 2.83. The molecule has 16 heavy (non-hydrogen) atoms. The van der Waals surface area contributed by atoms with Gasteiger partial charge in [-0.15, -0.1) is 0 Å². The topological polar surface area (TPSA) is 35.5 Å². The third kappa shape index (κ3) is 3.44. The molecule has 1 aliphatic heterocycles. The number of nitrogens with one attached hydrogen (secondary N) is 1. The van der Waals surface area contributed by atoms with E-state index in [0.717, 1.165) is 18.5 Å². The van der Waals surface area contributed by atoms with Gasteiger partial charge in [-0.2, -0.15) is 0 Å². The molecule has 94 valence electrons. The summed E-state index contributed by atoms with van der Waals surface area (Å²) in [6.07, 6.45) is 8.15. The van der Waals surface area contributed by atoms with Gasteiger partial charge in [0.15, 0.2) is 0 Å². The molecule has 2 N–H and O–H groups in total. The third-order valence-electron chi connectivity index (χ3n) is 4.12. The first-order chi connectivity index (χ1) is 7.90. The Bertz CT molecular complexity index is 186. The van der Waals surface area contributed by atoms with Crippen molar-refractivity contribution in [1.82, 2.24) is 10.2 Å². The van der Waals surface area contributed by atoms with Gasteiger partial charge < -0.3 is 10.4 Å². The van der Waals surface area contributed by atoms with E-state index < -0.39 is 0 Å². The zero-order valence-electron chi connectivity index (χ0n) is 10.3. The molecule has 0 radical (unpaired) electrons. The van der Waals surface area contributed by atoms with Gasteiger partial charge in [-0.3, -0.25) is 4.90 Å². The van der Waals surface area contributed by atoms with Crippen molar-refractivity contribution < 1.29 is 5.11 Å². The standard InChI is InChI=1S/C13H26N2O/c16-9-8-15(13-5-1-2-6-13)11-12-4-3-7-14-10-12/h12-14,16H,1-11H2. The van der Waals surface area contributed by atoms with Gasteiger partial charge in [-0.05, 0) is 44.7 Å². The molecule has 3 heteroatoms. The second-order valence-electron chi connectivity index (χ2n) is 5.37. The summed E-state index contributed by atoms with van der Waals surface area (Å²) in [4.78, 5) is 2.55. The molecule has 1 saturated heterocycles. The number of piperidine rings is 1. The summed E-state index contributed by atoms with van der Waals surface area (Å²) < 4.78 is 0. The highest BCUT2D eigenvalue weighted by atomic mass is 16.3. The van der Waals surface area contributed by atoms with Gasteiger partial charge in [-0.25, -0.2) is 0 Å². The Balaban J connectivity index is 1.80. The predicted molar refractivity (Wildman–Crippen MR) is 66.5 cm³/mol. The van der Waals surface area contributed by atoms with E-state index in [1.165, 1.54) is 58.2 Å². The number of aliphatic hydroxyl groups excluding tert-OH is 1. The molecule has 1 atom stereocenters. The van der Waals surface area contributed by atoms with Crippen LogP contribution in [0, 0.1) is 5.92 Å². The molecule has 1 aliphatic carbocycles. The fourth-order valence-electron chi connectivity index (χ4n) is 3.23. The van der Waals surface area contributed by atoms with Crippen LogP contribution in [0.25, 0.3) is 0 Å². The highest BCUT2D eigenvalue weighted by Crippen LogP contribution is 2.25. The molecule has 0 bridgehead atoms. The lowest BCUT2D eigenvalue weighted by Gasteiger charge is -2.33. The maximum absolute atomic E-state index is 9.17. The highest BCUT2D eigenvalue weighted by Gasteiger charge is 2.25. The first-order valence-corrected chi connectivity index (χ1v) is 6.96. The van der Waals surface area contributed by atoms with Crippen LogP contribution in [-0.2, 0) is 0 Å². The number of hydrogen-bond acceptors (Lipinski definition) is 3. The molecule has 1 saturated carbocycles. The molecule has 0 aromatic heterocycles. The van der Waals surface area contributed by atoms with Crippen molar-refractivity contribution in [3.8, 4) is 0 Å². The van der Waals surface area contributed by atoms with Crippen LogP contribution in [0.1, 0.15) is 38.5 Å². The number of nitrogens with zero attached hydrogens (tertiary/aromatic N) is 1. The van der Waals surface area contributed by atoms with E-state index in [0.29, 0.717) is 6.61 Å². The monoisotopic (exact) mass is 226 g/mol. The molecule has 2 rings (SSSR count). The zero-order chi connectivity index (χ0) is 11.2. The van der Waals surface area contributed by atoms with Gasteiger partial charge in [0.05, 0.1) is 6.61 Å². The van der Waals surface area contributed by atoms with E-state index in [-0.39, 0.29) is 0 Å². The van der Waals surface area contributed by atoms with Crippen molar-refractivity contribution in [1.29, 1.82) is 0 Å². The Morgan fingerprint density at radius 1 is 1.12 bits per heavy atom. The Morgan fingerprint density at radius 2 is 1.94 bits per heavy atom. The van der Waals surface area contributed by atoms with Crippen molar-refractivity contribution in [3.05, 3.63) is 0 Å². The molecule has 1 heterocycles. The lowest BCUT2D eigenvalue weighted by Crippen LogP contribution is -2.43. The van der Waals surface area contributed by atoms with Gasteiger partial charge in [0.2, 0.25) is 0 Å². The van der Waals surface area contributed by atoms with Crippen LogP contribution >= 0.6 is 0 Å². The summed E-state index contributed by atoms with van der Waals surface area (Å²) >= 11 is 0. The van der Waals surface area contributed by atoms with E-state index in [9.17, 15) is 0 Å². The van der Waals surface area contributed by atoms with Crippen molar-refractivity contribution >= 4 is 0 Å². The average molecular weight is 226 g/mol. The van der Waals surface area contributed by atoms with E-state index >= 15 is 0 Å². The van der Waals surface area contributed by atoms with E-state index in [1.54, 1.807) is 0 Å². The quantitative estimate of drug-likeness (QED) is 0.740. The van der Waals surface area contributed by atoms with Crippen LogP contribution in [0.4, 0.5) is 0 Å². The summed E-state index contributed by atoms with van der Waals surface area (Å²) in [5.41, 5.74) is 0. The smallest absolute Gasteiger partial charge is 0.0558 e. The normalized spacial score (nSPS) is 27.8. The van der Waals surface area contributed by atoms with Crippen molar-refractivity contribution in [2.45, 2.75) is 44.6 Å². The SMILES string of the molecule is OCCN(CC1CCCNC1)C1CCCC1. The zero-order valence-corrected chi connectivity index (χ0v) is 10.3. The largest absolute Gasteiger partial charge is 0.395 e. The maximum atomic E-state index is 9.17. The Hall–Kier alpha value is -0.120. The highest BCUT2D eigenvalue weighted by molar-refractivity contribution is 4.81. The lowest BCUT2D eigenvalue weighted by molar-refractivity contribution is 0.123.